The summed E-state index contributed by atoms with van der Waals surface area (Å²) >= 11 is 7.08. The van der Waals surface area contributed by atoms with Gasteiger partial charge in [-0.1, -0.05) is 23.7 Å². The van der Waals surface area contributed by atoms with Crippen LogP contribution >= 0.6 is 22.9 Å². The van der Waals surface area contributed by atoms with E-state index in [0.29, 0.717) is 42.6 Å². The molecule has 3 nitrogen and oxygen atoms in total. The van der Waals surface area contributed by atoms with E-state index >= 15 is 0 Å². The van der Waals surface area contributed by atoms with E-state index in [1.165, 1.54) is 17.4 Å². The van der Waals surface area contributed by atoms with Gasteiger partial charge in [-0.2, -0.15) is 0 Å². The maximum Gasteiger partial charge on any atom is 0.205 e. The Morgan fingerprint density at radius 1 is 1.04 bits per heavy atom. The predicted molar refractivity (Wildman–Crippen MR) is 104 cm³/mol. The van der Waals surface area contributed by atoms with Crippen molar-refractivity contribution in [2.45, 2.75) is 0 Å². The Labute approximate surface area is 157 Å². The van der Waals surface area contributed by atoms with E-state index in [0.717, 1.165) is 0 Å². The molecule has 4 aromatic rings. The number of hydrogen-bond acceptors (Lipinski definition) is 4. The van der Waals surface area contributed by atoms with Crippen LogP contribution in [0.15, 0.2) is 60.7 Å². The van der Waals surface area contributed by atoms with E-state index in [1.54, 1.807) is 54.6 Å². The molecular weight excluding hydrogens is 371 g/mol. The van der Waals surface area contributed by atoms with E-state index in [4.69, 9.17) is 17.3 Å². The summed E-state index contributed by atoms with van der Waals surface area (Å²) in [6, 6.07) is 16.6. The topological polar surface area (TPSA) is 56.0 Å². The molecule has 0 atom stereocenters. The number of rotatable bonds is 3. The first-order valence-corrected chi connectivity index (χ1v) is 8.98. The molecule has 0 amide bonds. The number of halogens is 2. The first kappa shape index (κ1) is 16.7. The van der Waals surface area contributed by atoms with Gasteiger partial charge in [-0.3, -0.25) is 4.79 Å². The van der Waals surface area contributed by atoms with Gasteiger partial charge in [-0.25, -0.2) is 9.37 Å². The van der Waals surface area contributed by atoms with Gasteiger partial charge in [0.05, 0.1) is 11.4 Å². The zero-order valence-electron chi connectivity index (χ0n) is 13.4. The Morgan fingerprint density at radius 2 is 1.77 bits per heavy atom. The van der Waals surface area contributed by atoms with Crippen LogP contribution < -0.4 is 5.73 Å². The van der Waals surface area contributed by atoms with Crippen molar-refractivity contribution in [1.29, 1.82) is 0 Å². The van der Waals surface area contributed by atoms with Gasteiger partial charge in [-0.15, -0.1) is 11.3 Å². The summed E-state index contributed by atoms with van der Waals surface area (Å²) < 4.78 is 14.0. The Kier molecular flexibility index (Phi) is 4.18. The number of hydrogen-bond donors (Lipinski definition) is 1. The second kappa shape index (κ2) is 6.52. The minimum absolute atomic E-state index is 0.186. The molecule has 0 unspecified atom stereocenters. The lowest BCUT2D eigenvalue weighted by Gasteiger charge is -2.02. The van der Waals surface area contributed by atoms with Crippen molar-refractivity contribution in [3.05, 3.63) is 81.9 Å². The van der Waals surface area contributed by atoms with Crippen LogP contribution in [-0.2, 0) is 0 Å². The molecule has 0 radical (unpaired) electrons. The van der Waals surface area contributed by atoms with Crippen LogP contribution in [-0.4, -0.2) is 10.8 Å². The molecule has 2 heterocycles. The van der Waals surface area contributed by atoms with Crippen LogP contribution in [0.4, 0.5) is 10.1 Å². The summed E-state index contributed by atoms with van der Waals surface area (Å²) in [5.41, 5.74) is 7.98. The Bertz CT molecular complexity index is 1140. The van der Waals surface area contributed by atoms with E-state index in [9.17, 15) is 9.18 Å². The summed E-state index contributed by atoms with van der Waals surface area (Å²) in [7, 11) is 0. The average molecular weight is 383 g/mol. The molecule has 0 aliphatic carbocycles. The maximum absolute atomic E-state index is 14.0. The largest absolute Gasteiger partial charge is 0.397 e. The number of carbonyl (C=O) groups excluding carboxylic acids is 1. The summed E-state index contributed by atoms with van der Waals surface area (Å²) in [6.07, 6.45) is 0. The Balaban J connectivity index is 1.80. The van der Waals surface area contributed by atoms with Crippen molar-refractivity contribution in [2.24, 2.45) is 0 Å². The number of ketones is 1. The van der Waals surface area contributed by atoms with Crippen LogP contribution in [0.1, 0.15) is 15.2 Å². The molecule has 128 valence electrons. The number of thiophene rings is 1. The number of aromatic nitrogens is 1. The summed E-state index contributed by atoms with van der Waals surface area (Å²) in [5.74, 6) is -0.532. The smallest absolute Gasteiger partial charge is 0.205 e. The fourth-order valence-corrected chi connectivity index (χ4v) is 3.90. The summed E-state index contributed by atoms with van der Waals surface area (Å²) in [5, 5.41) is 1.24. The Morgan fingerprint density at radius 3 is 2.50 bits per heavy atom. The quantitative estimate of drug-likeness (QED) is 0.471. The van der Waals surface area contributed by atoms with Crippen LogP contribution in [0.25, 0.3) is 21.5 Å². The number of carbonyl (C=O) groups is 1. The second-order valence-electron chi connectivity index (χ2n) is 5.71. The van der Waals surface area contributed by atoms with Crippen molar-refractivity contribution in [2.75, 3.05) is 5.73 Å². The highest BCUT2D eigenvalue weighted by atomic mass is 35.5. The van der Waals surface area contributed by atoms with Gasteiger partial charge in [0.1, 0.15) is 15.5 Å². The summed E-state index contributed by atoms with van der Waals surface area (Å²) in [6.45, 7) is 0. The molecular formula is C20H12ClFN2OS. The molecule has 0 saturated heterocycles. The standard InChI is InChI=1S/C20H12ClFN2OS/c21-12-7-5-11(6-8-12)18(25)19-17(23)14-9-10-16(24-20(14)26-19)13-3-1-2-4-15(13)22/h1-10H,23H2. The number of pyridine rings is 1. The van der Waals surface area contributed by atoms with Gasteiger partial charge in [-0.05, 0) is 48.5 Å². The predicted octanol–water partition coefficient (Wildman–Crippen LogP) is 5.57. The third-order valence-corrected chi connectivity index (χ3v) is 5.42. The van der Waals surface area contributed by atoms with Crippen LogP contribution in [0, 0.1) is 5.82 Å². The Hall–Kier alpha value is -2.76. The molecule has 0 aliphatic rings. The van der Waals surface area contributed by atoms with E-state index in [2.05, 4.69) is 4.98 Å². The fourth-order valence-electron chi connectivity index (χ4n) is 2.72. The van der Waals surface area contributed by atoms with Gasteiger partial charge in [0, 0.05) is 21.5 Å². The molecule has 6 heteroatoms. The second-order valence-corrected chi connectivity index (χ2v) is 7.15. The van der Waals surface area contributed by atoms with E-state index in [1.807, 2.05) is 0 Å². The number of nitrogen functional groups attached to an aromatic ring is 1. The lowest BCUT2D eigenvalue weighted by Crippen LogP contribution is -2.01. The first-order chi connectivity index (χ1) is 12.5. The van der Waals surface area contributed by atoms with E-state index in [-0.39, 0.29) is 11.6 Å². The minimum atomic E-state index is -0.346. The average Bonchev–Trinajstić information content (AvgIpc) is 2.98. The van der Waals surface area contributed by atoms with Crippen molar-refractivity contribution < 1.29 is 9.18 Å². The number of anilines is 1. The first-order valence-electron chi connectivity index (χ1n) is 7.79. The number of nitrogens with two attached hydrogens (primary N) is 1. The van der Waals surface area contributed by atoms with Crippen molar-refractivity contribution >= 4 is 44.6 Å². The third-order valence-electron chi connectivity index (χ3n) is 4.06. The molecule has 0 saturated carbocycles. The van der Waals surface area contributed by atoms with Gasteiger partial charge in [0.25, 0.3) is 0 Å². The molecule has 0 spiro atoms. The molecule has 2 aromatic carbocycles. The SMILES string of the molecule is Nc1c(C(=O)c2ccc(Cl)cc2)sc2nc(-c3ccccc3F)ccc12. The molecule has 0 aliphatic heterocycles. The molecule has 0 fully saturated rings. The van der Waals surface area contributed by atoms with Crippen molar-refractivity contribution in [3.63, 3.8) is 0 Å². The third kappa shape index (κ3) is 2.85. The zero-order chi connectivity index (χ0) is 18.3. The highest BCUT2D eigenvalue weighted by Crippen LogP contribution is 2.36. The minimum Gasteiger partial charge on any atom is -0.397 e. The molecule has 2 aromatic heterocycles. The van der Waals surface area contributed by atoms with Gasteiger partial charge in [0.2, 0.25) is 5.78 Å². The molecule has 2 N–H and O–H groups in total. The summed E-state index contributed by atoms with van der Waals surface area (Å²) in [4.78, 5) is 18.3. The fraction of sp³-hybridized carbons (Fsp3) is 0. The van der Waals surface area contributed by atoms with E-state index < -0.39 is 0 Å². The van der Waals surface area contributed by atoms with Crippen molar-refractivity contribution in [1.82, 2.24) is 4.98 Å². The number of benzene rings is 2. The molecule has 0 bridgehead atoms. The zero-order valence-corrected chi connectivity index (χ0v) is 14.9. The molecule has 26 heavy (non-hydrogen) atoms. The normalized spacial score (nSPS) is 11.0. The van der Waals surface area contributed by atoms with Crippen LogP contribution in [0.2, 0.25) is 5.02 Å². The van der Waals surface area contributed by atoms with Gasteiger partial charge >= 0.3 is 0 Å². The van der Waals surface area contributed by atoms with Crippen molar-refractivity contribution in [3.8, 4) is 11.3 Å². The van der Waals surface area contributed by atoms with Gasteiger partial charge < -0.3 is 5.73 Å². The highest BCUT2D eigenvalue weighted by molar-refractivity contribution is 7.21. The van der Waals surface area contributed by atoms with Gasteiger partial charge in [0.15, 0.2) is 0 Å². The van der Waals surface area contributed by atoms with Crippen LogP contribution in [0.5, 0.6) is 0 Å². The number of fused-ring (bicyclic) bond motifs is 1. The monoisotopic (exact) mass is 382 g/mol. The van der Waals surface area contributed by atoms with Crippen LogP contribution in [0.3, 0.4) is 0 Å². The highest BCUT2D eigenvalue weighted by Gasteiger charge is 2.19. The lowest BCUT2D eigenvalue weighted by atomic mass is 10.1. The maximum atomic E-state index is 14.0. The lowest BCUT2D eigenvalue weighted by molar-refractivity contribution is 0.104. The number of nitrogens with zero attached hydrogens (tertiary/aromatic N) is 1. The molecule has 4 rings (SSSR count).